The van der Waals surface area contributed by atoms with Gasteiger partial charge in [0.05, 0.1) is 18.8 Å². The predicted molar refractivity (Wildman–Crippen MR) is 83.8 cm³/mol. The third kappa shape index (κ3) is 2.22. The topological polar surface area (TPSA) is 51.5 Å². The number of nitrogens with one attached hydrogen (secondary N) is 1. The Morgan fingerprint density at radius 3 is 3.05 bits per heavy atom. The summed E-state index contributed by atoms with van der Waals surface area (Å²) in [4.78, 5) is 12.3. The number of carbonyl (C=O) groups is 1. The molecule has 116 valence electrons. The summed E-state index contributed by atoms with van der Waals surface area (Å²) < 4.78 is 11.2. The quantitative estimate of drug-likeness (QED) is 0.948. The number of carbonyl (C=O) groups excluding carboxylic acids is 1. The lowest BCUT2D eigenvalue weighted by molar-refractivity contribution is -0.123. The molecule has 0 spiro atoms. The first-order valence-corrected chi connectivity index (χ1v) is 8.00. The van der Waals surface area contributed by atoms with Crippen LogP contribution in [-0.4, -0.2) is 24.7 Å². The van der Waals surface area contributed by atoms with E-state index < -0.39 is 0 Å². The molecule has 4 heteroatoms. The molecule has 4 nitrogen and oxygen atoms in total. The first kappa shape index (κ1) is 13.8. The van der Waals surface area contributed by atoms with Gasteiger partial charge in [-0.05, 0) is 43.9 Å². The van der Waals surface area contributed by atoms with Crippen LogP contribution in [0.3, 0.4) is 0 Å². The molecule has 2 aliphatic rings. The van der Waals surface area contributed by atoms with Crippen molar-refractivity contribution in [3.05, 3.63) is 35.1 Å². The smallest absolute Gasteiger partial charge is 0.224 e. The molecule has 1 aromatic carbocycles. The van der Waals surface area contributed by atoms with Gasteiger partial charge in [-0.1, -0.05) is 6.07 Å². The van der Waals surface area contributed by atoms with Gasteiger partial charge in [0.15, 0.2) is 0 Å². The van der Waals surface area contributed by atoms with Gasteiger partial charge in [-0.2, -0.15) is 0 Å². The third-order valence-electron chi connectivity index (χ3n) is 5.05. The summed E-state index contributed by atoms with van der Waals surface area (Å²) >= 11 is 0. The molecule has 3 unspecified atom stereocenters. The van der Waals surface area contributed by atoms with Crippen molar-refractivity contribution in [3.63, 3.8) is 0 Å². The molecule has 3 atom stereocenters. The molecule has 22 heavy (non-hydrogen) atoms. The van der Waals surface area contributed by atoms with Crippen LogP contribution in [0.25, 0.3) is 11.0 Å². The maximum absolute atomic E-state index is 12.3. The second kappa shape index (κ2) is 5.13. The molecule has 1 saturated carbocycles. The van der Waals surface area contributed by atoms with Gasteiger partial charge in [0.25, 0.3) is 0 Å². The lowest BCUT2D eigenvalue weighted by Gasteiger charge is -2.39. The van der Waals surface area contributed by atoms with E-state index in [1.807, 2.05) is 6.07 Å². The van der Waals surface area contributed by atoms with Gasteiger partial charge >= 0.3 is 0 Å². The van der Waals surface area contributed by atoms with Crippen molar-refractivity contribution in [2.45, 2.75) is 45.3 Å². The average Bonchev–Trinajstić information content (AvgIpc) is 3.00. The van der Waals surface area contributed by atoms with E-state index in [1.54, 1.807) is 6.26 Å². The second-order valence-electron chi connectivity index (χ2n) is 6.66. The van der Waals surface area contributed by atoms with Crippen molar-refractivity contribution < 1.29 is 13.9 Å². The highest BCUT2D eigenvalue weighted by atomic mass is 16.5. The highest BCUT2D eigenvalue weighted by Crippen LogP contribution is 2.38. The maximum atomic E-state index is 12.3. The summed E-state index contributed by atoms with van der Waals surface area (Å²) in [7, 11) is 0. The van der Waals surface area contributed by atoms with E-state index in [0.717, 1.165) is 36.0 Å². The van der Waals surface area contributed by atoms with Crippen LogP contribution in [0.5, 0.6) is 0 Å². The van der Waals surface area contributed by atoms with E-state index in [4.69, 9.17) is 9.15 Å². The van der Waals surface area contributed by atoms with E-state index in [-0.39, 0.29) is 5.91 Å². The van der Waals surface area contributed by atoms with Crippen LogP contribution in [0, 0.1) is 19.8 Å². The molecule has 1 N–H and O–H groups in total. The highest BCUT2D eigenvalue weighted by molar-refractivity contribution is 5.90. The zero-order valence-electron chi connectivity index (χ0n) is 13.0. The van der Waals surface area contributed by atoms with E-state index in [9.17, 15) is 4.79 Å². The molecule has 1 aliphatic carbocycles. The molecule has 1 amide bonds. The molecule has 2 fully saturated rings. The molecule has 0 radical (unpaired) electrons. The van der Waals surface area contributed by atoms with Crippen LogP contribution >= 0.6 is 0 Å². The third-order valence-corrected chi connectivity index (χ3v) is 5.05. The van der Waals surface area contributed by atoms with Gasteiger partial charge in [0, 0.05) is 29.5 Å². The van der Waals surface area contributed by atoms with E-state index in [1.165, 1.54) is 11.1 Å². The minimum atomic E-state index is 0.0815. The van der Waals surface area contributed by atoms with Crippen molar-refractivity contribution in [2.24, 2.45) is 5.92 Å². The number of benzene rings is 1. The Bertz CT molecular complexity index is 733. The van der Waals surface area contributed by atoms with Gasteiger partial charge in [0.2, 0.25) is 5.91 Å². The van der Waals surface area contributed by atoms with E-state index in [0.29, 0.717) is 24.5 Å². The van der Waals surface area contributed by atoms with Crippen LogP contribution in [0.2, 0.25) is 0 Å². The normalized spacial score (nSPS) is 26.7. The number of fused-ring (bicyclic) bond motifs is 2. The fourth-order valence-electron chi connectivity index (χ4n) is 3.95. The Hall–Kier alpha value is -1.81. The van der Waals surface area contributed by atoms with E-state index in [2.05, 4.69) is 25.2 Å². The number of ether oxygens (including phenoxy) is 1. The predicted octanol–water partition coefficient (Wildman–Crippen LogP) is 2.89. The summed E-state index contributed by atoms with van der Waals surface area (Å²) in [5.74, 6) is 0.604. The molecule has 1 aliphatic heterocycles. The lowest BCUT2D eigenvalue weighted by Crippen LogP contribution is -2.53. The largest absolute Gasteiger partial charge is 0.464 e. The van der Waals surface area contributed by atoms with Crippen molar-refractivity contribution in [2.75, 3.05) is 6.61 Å². The minimum Gasteiger partial charge on any atom is -0.464 e. The number of rotatable bonds is 3. The van der Waals surface area contributed by atoms with E-state index >= 15 is 0 Å². The molecule has 2 aromatic rings. The van der Waals surface area contributed by atoms with Gasteiger partial charge in [0.1, 0.15) is 5.58 Å². The summed E-state index contributed by atoms with van der Waals surface area (Å²) in [6.45, 7) is 4.96. The summed E-state index contributed by atoms with van der Waals surface area (Å²) in [5.41, 5.74) is 4.19. The van der Waals surface area contributed by atoms with Crippen LogP contribution in [-0.2, 0) is 16.0 Å². The highest BCUT2D eigenvalue weighted by Gasteiger charge is 2.45. The zero-order valence-corrected chi connectivity index (χ0v) is 13.0. The molecule has 1 saturated heterocycles. The van der Waals surface area contributed by atoms with Crippen molar-refractivity contribution >= 4 is 16.9 Å². The molecular weight excluding hydrogens is 278 g/mol. The van der Waals surface area contributed by atoms with Crippen molar-refractivity contribution in [3.8, 4) is 0 Å². The van der Waals surface area contributed by atoms with Gasteiger partial charge in [-0.3, -0.25) is 4.79 Å². The van der Waals surface area contributed by atoms with Gasteiger partial charge < -0.3 is 14.5 Å². The SMILES string of the molecule is Cc1cc(C)c2c(CC(=O)NC3CC4OCCC34)coc2c1. The lowest BCUT2D eigenvalue weighted by atomic mass is 9.76. The Kier molecular flexibility index (Phi) is 3.22. The fourth-order valence-corrected chi connectivity index (χ4v) is 3.95. The Morgan fingerprint density at radius 2 is 2.23 bits per heavy atom. The molecule has 1 aromatic heterocycles. The van der Waals surface area contributed by atoms with Gasteiger partial charge in [-0.25, -0.2) is 0 Å². The van der Waals surface area contributed by atoms with Crippen LogP contribution in [0.4, 0.5) is 0 Å². The molecular formula is C18H21NO3. The monoisotopic (exact) mass is 299 g/mol. The molecule has 2 heterocycles. The molecule has 0 bridgehead atoms. The summed E-state index contributed by atoms with van der Waals surface area (Å²) in [6, 6.07) is 4.45. The first-order chi connectivity index (χ1) is 10.6. The first-order valence-electron chi connectivity index (χ1n) is 8.00. The number of hydrogen-bond acceptors (Lipinski definition) is 3. The number of aryl methyl sites for hydroxylation is 2. The Morgan fingerprint density at radius 1 is 1.36 bits per heavy atom. The Balaban J connectivity index is 1.48. The Labute approximate surface area is 129 Å². The van der Waals surface area contributed by atoms with Crippen LogP contribution < -0.4 is 5.32 Å². The number of hydrogen-bond donors (Lipinski definition) is 1. The van der Waals surface area contributed by atoms with Crippen molar-refractivity contribution in [1.29, 1.82) is 0 Å². The van der Waals surface area contributed by atoms with Gasteiger partial charge in [-0.15, -0.1) is 0 Å². The molecule has 4 rings (SSSR count). The van der Waals surface area contributed by atoms with Crippen molar-refractivity contribution in [1.82, 2.24) is 5.32 Å². The summed E-state index contributed by atoms with van der Waals surface area (Å²) in [5, 5.41) is 4.24. The second-order valence-corrected chi connectivity index (χ2v) is 6.66. The minimum absolute atomic E-state index is 0.0815. The average molecular weight is 299 g/mol. The standard InChI is InChI=1S/C18H21NO3/c1-10-5-11(2)18-12(9-22-16(18)6-10)7-17(20)19-14-8-15-13(14)3-4-21-15/h5-6,9,13-15H,3-4,7-8H2,1-2H3,(H,19,20). The van der Waals surface area contributed by atoms with Crippen LogP contribution in [0.15, 0.2) is 22.8 Å². The summed E-state index contributed by atoms with van der Waals surface area (Å²) in [6.07, 6.45) is 4.51. The maximum Gasteiger partial charge on any atom is 0.224 e. The number of furan rings is 1. The zero-order chi connectivity index (χ0) is 15.3. The number of amides is 1. The fraction of sp³-hybridized carbons (Fsp3) is 0.500. The van der Waals surface area contributed by atoms with Crippen LogP contribution in [0.1, 0.15) is 29.5 Å².